The third-order valence-corrected chi connectivity index (χ3v) is 3.04. The average Bonchev–Trinajstić information content (AvgIpc) is 2.63. The first-order valence-corrected chi connectivity index (χ1v) is 8.49. The minimum absolute atomic E-state index is 0.0916. The van der Waals surface area contributed by atoms with Gasteiger partial charge in [-0.25, -0.2) is 4.79 Å². The maximum Gasteiger partial charge on any atom is 0.408 e. The van der Waals surface area contributed by atoms with Gasteiger partial charge >= 0.3 is 12.1 Å². The molecule has 1 aromatic rings. The van der Waals surface area contributed by atoms with Gasteiger partial charge in [0.25, 0.3) is 5.91 Å². The summed E-state index contributed by atoms with van der Waals surface area (Å²) in [5.74, 6) is -1.95. The van der Waals surface area contributed by atoms with Gasteiger partial charge in [-0.1, -0.05) is 30.3 Å². The van der Waals surface area contributed by atoms with Crippen LogP contribution >= 0.6 is 0 Å². The van der Waals surface area contributed by atoms with Crippen molar-refractivity contribution in [3.8, 4) is 0 Å². The van der Waals surface area contributed by atoms with Crippen LogP contribution in [0.5, 0.6) is 0 Å². The van der Waals surface area contributed by atoms with E-state index in [-0.39, 0.29) is 12.2 Å². The van der Waals surface area contributed by atoms with Crippen molar-refractivity contribution in [1.29, 1.82) is 0 Å². The van der Waals surface area contributed by atoms with Crippen LogP contribution < -0.4 is 16.0 Å². The molecule has 0 aromatic heterocycles. The molecule has 28 heavy (non-hydrogen) atoms. The summed E-state index contributed by atoms with van der Waals surface area (Å²) >= 11 is 0. The Hall–Kier alpha value is -3.36. The fourth-order valence-electron chi connectivity index (χ4n) is 1.86. The number of nitrogens with one attached hydrogen (secondary N) is 3. The fraction of sp³-hybridized carbons (Fsp3) is 0.368. The van der Waals surface area contributed by atoms with E-state index in [4.69, 9.17) is 4.74 Å². The van der Waals surface area contributed by atoms with Gasteiger partial charge in [0.2, 0.25) is 5.91 Å². The molecule has 0 spiro atoms. The van der Waals surface area contributed by atoms with Crippen molar-refractivity contribution < 1.29 is 28.7 Å². The van der Waals surface area contributed by atoms with Crippen molar-refractivity contribution in [2.24, 2.45) is 0 Å². The molecule has 0 bridgehead atoms. The van der Waals surface area contributed by atoms with Crippen LogP contribution in [-0.4, -0.2) is 49.7 Å². The number of hydrogen-bond donors (Lipinski definition) is 3. The lowest BCUT2D eigenvalue weighted by atomic mass is 10.2. The average molecular weight is 391 g/mol. The first kappa shape index (κ1) is 22.7. The van der Waals surface area contributed by atoms with Gasteiger partial charge in [-0.2, -0.15) is 0 Å². The molecule has 0 aliphatic carbocycles. The van der Waals surface area contributed by atoms with Crippen LogP contribution in [0.1, 0.15) is 26.3 Å². The SMILES string of the molecule is COC(=O)CNC(=O)/C(=C/c1ccccc1)NC(=O)CNC(=O)OC(C)(C)C. The molecule has 3 N–H and O–H groups in total. The molecule has 0 saturated heterocycles. The van der Waals surface area contributed by atoms with Crippen molar-refractivity contribution in [3.05, 3.63) is 41.6 Å². The van der Waals surface area contributed by atoms with Gasteiger partial charge in [-0.3, -0.25) is 14.4 Å². The van der Waals surface area contributed by atoms with Crippen molar-refractivity contribution in [2.45, 2.75) is 26.4 Å². The lowest BCUT2D eigenvalue weighted by Crippen LogP contribution is -2.42. The topological polar surface area (TPSA) is 123 Å². The molecule has 9 heteroatoms. The Labute approximate surface area is 163 Å². The van der Waals surface area contributed by atoms with Crippen molar-refractivity contribution >= 4 is 30.0 Å². The molecule has 0 unspecified atom stereocenters. The smallest absolute Gasteiger partial charge is 0.408 e. The Balaban J connectivity index is 2.78. The quantitative estimate of drug-likeness (QED) is 0.470. The zero-order chi connectivity index (χ0) is 21.2. The lowest BCUT2D eigenvalue weighted by molar-refractivity contribution is -0.140. The van der Waals surface area contributed by atoms with Crippen LogP contribution in [0, 0.1) is 0 Å². The van der Waals surface area contributed by atoms with Crippen molar-refractivity contribution in [2.75, 3.05) is 20.2 Å². The van der Waals surface area contributed by atoms with Gasteiger partial charge in [-0.05, 0) is 32.4 Å². The number of amides is 3. The van der Waals surface area contributed by atoms with Gasteiger partial charge in [0.15, 0.2) is 0 Å². The number of rotatable bonds is 7. The van der Waals surface area contributed by atoms with E-state index in [1.807, 2.05) is 0 Å². The number of benzene rings is 1. The molecule has 152 valence electrons. The first-order valence-electron chi connectivity index (χ1n) is 8.49. The Morgan fingerprint density at radius 3 is 2.21 bits per heavy atom. The molecule has 0 atom stereocenters. The van der Waals surface area contributed by atoms with Crippen LogP contribution in [0.2, 0.25) is 0 Å². The third-order valence-electron chi connectivity index (χ3n) is 3.04. The highest BCUT2D eigenvalue weighted by Gasteiger charge is 2.18. The summed E-state index contributed by atoms with van der Waals surface area (Å²) in [7, 11) is 1.19. The number of methoxy groups -OCH3 is 1. The monoisotopic (exact) mass is 391 g/mol. The number of esters is 1. The van der Waals surface area contributed by atoms with E-state index in [1.54, 1.807) is 51.1 Å². The molecular formula is C19H25N3O6. The minimum atomic E-state index is -0.758. The first-order chi connectivity index (χ1) is 13.1. The summed E-state index contributed by atoms with van der Waals surface area (Å²) in [5.41, 5.74) is -0.135. The van der Waals surface area contributed by atoms with Crippen LogP contribution in [0.15, 0.2) is 36.0 Å². The highest BCUT2D eigenvalue weighted by molar-refractivity contribution is 6.02. The highest BCUT2D eigenvalue weighted by Crippen LogP contribution is 2.07. The van der Waals surface area contributed by atoms with Gasteiger partial charge in [0.1, 0.15) is 24.4 Å². The molecule has 3 amide bonds. The normalized spacial score (nSPS) is 11.2. The van der Waals surface area contributed by atoms with Crippen LogP contribution in [0.25, 0.3) is 6.08 Å². The minimum Gasteiger partial charge on any atom is -0.468 e. The Kier molecular flexibility index (Phi) is 8.67. The summed E-state index contributed by atoms with van der Waals surface area (Å²) in [6.07, 6.45) is 0.684. The summed E-state index contributed by atoms with van der Waals surface area (Å²) in [6.45, 7) is 4.33. The second-order valence-electron chi connectivity index (χ2n) is 6.63. The predicted octanol–water partition coefficient (Wildman–Crippen LogP) is 0.958. The molecule has 0 aliphatic heterocycles. The number of carbonyl (C=O) groups excluding carboxylic acids is 4. The third kappa shape index (κ3) is 9.37. The molecule has 0 radical (unpaired) electrons. The largest absolute Gasteiger partial charge is 0.468 e. The summed E-state index contributed by atoms with van der Waals surface area (Å²) in [4.78, 5) is 47.3. The van der Waals surface area contributed by atoms with Crippen LogP contribution in [-0.2, 0) is 23.9 Å². The summed E-state index contributed by atoms with van der Waals surface area (Å²) in [6, 6.07) is 8.80. The Morgan fingerprint density at radius 2 is 1.64 bits per heavy atom. The lowest BCUT2D eigenvalue weighted by Gasteiger charge is -2.19. The molecule has 1 aromatic carbocycles. The maximum atomic E-state index is 12.3. The Morgan fingerprint density at radius 1 is 1.00 bits per heavy atom. The maximum absolute atomic E-state index is 12.3. The molecule has 0 heterocycles. The number of carbonyl (C=O) groups is 4. The molecule has 0 saturated carbocycles. The molecule has 0 fully saturated rings. The highest BCUT2D eigenvalue weighted by atomic mass is 16.6. The van der Waals surface area contributed by atoms with Crippen LogP contribution in [0.4, 0.5) is 4.79 Å². The van der Waals surface area contributed by atoms with Gasteiger partial charge in [0, 0.05) is 0 Å². The van der Waals surface area contributed by atoms with E-state index >= 15 is 0 Å². The second-order valence-corrected chi connectivity index (χ2v) is 6.63. The fourth-order valence-corrected chi connectivity index (χ4v) is 1.86. The van der Waals surface area contributed by atoms with E-state index in [9.17, 15) is 19.2 Å². The van der Waals surface area contributed by atoms with Crippen LogP contribution in [0.3, 0.4) is 0 Å². The van der Waals surface area contributed by atoms with E-state index in [1.165, 1.54) is 13.2 Å². The predicted molar refractivity (Wildman–Crippen MR) is 102 cm³/mol. The van der Waals surface area contributed by atoms with E-state index < -0.39 is 36.0 Å². The van der Waals surface area contributed by atoms with Crippen molar-refractivity contribution in [3.63, 3.8) is 0 Å². The zero-order valence-corrected chi connectivity index (χ0v) is 16.3. The Bertz CT molecular complexity index is 738. The summed E-state index contributed by atoms with van der Waals surface area (Å²) in [5, 5.41) is 7.06. The molecule has 1 rings (SSSR count). The van der Waals surface area contributed by atoms with Crippen molar-refractivity contribution in [1.82, 2.24) is 16.0 Å². The van der Waals surface area contributed by atoms with E-state index in [2.05, 4.69) is 20.7 Å². The van der Waals surface area contributed by atoms with E-state index in [0.717, 1.165) is 0 Å². The molecule has 9 nitrogen and oxygen atoms in total. The van der Waals surface area contributed by atoms with Gasteiger partial charge < -0.3 is 25.4 Å². The van der Waals surface area contributed by atoms with Gasteiger partial charge in [0.05, 0.1) is 7.11 Å². The number of alkyl carbamates (subject to hydrolysis) is 1. The van der Waals surface area contributed by atoms with E-state index in [0.29, 0.717) is 5.56 Å². The molecule has 0 aliphatic rings. The summed E-state index contributed by atoms with van der Waals surface area (Å²) < 4.78 is 9.50. The number of hydrogen-bond acceptors (Lipinski definition) is 6. The van der Waals surface area contributed by atoms with Gasteiger partial charge in [-0.15, -0.1) is 0 Å². The number of ether oxygens (including phenoxy) is 2. The zero-order valence-electron chi connectivity index (χ0n) is 16.3. The molecular weight excluding hydrogens is 366 g/mol. The second kappa shape index (κ2) is 10.7. The standard InChI is InChI=1S/C19H25N3O6/c1-19(2,3)28-18(26)21-11-15(23)22-14(10-13-8-6-5-7-9-13)17(25)20-12-16(24)27-4/h5-10H,11-12H2,1-4H3,(H,20,25)(H,21,26)(H,22,23)/b14-10-.